The van der Waals surface area contributed by atoms with Crippen molar-refractivity contribution in [3.8, 4) is 5.75 Å². The van der Waals surface area contributed by atoms with Crippen molar-refractivity contribution in [1.29, 1.82) is 0 Å². The molecule has 66 valence electrons. The highest BCUT2D eigenvalue weighted by atomic mass is 16.7. The van der Waals surface area contributed by atoms with Gasteiger partial charge in [-0.05, 0) is 19.2 Å². The van der Waals surface area contributed by atoms with Crippen LogP contribution in [0.3, 0.4) is 0 Å². The van der Waals surface area contributed by atoms with Gasteiger partial charge < -0.3 is 9.47 Å². The van der Waals surface area contributed by atoms with Crippen LogP contribution >= 0.6 is 0 Å². The molecule has 3 nitrogen and oxygen atoms in total. The summed E-state index contributed by atoms with van der Waals surface area (Å²) in [6, 6.07) is 9.52. The monoisotopic (exact) mass is 167 g/mol. The van der Waals surface area contributed by atoms with Crippen LogP contribution in [0, 0.1) is 0 Å². The molecule has 1 atom stereocenters. The van der Waals surface area contributed by atoms with E-state index in [2.05, 4.69) is 5.32 Å². The molecule has 0 aliphatic carbocycles. The van der Waals surface area contributed by atoms with Gasteiger partial charge in [-0.1, -0.05) is 18.2 Å². The van der Waals surface area contributed by atoms with E-state index >= 15 is 0 Å². The average Bonchev–Trinajstić information content (AvgIpc) is 2.16. The van der Waals surface area contributed by atoms with E-state index in [0.717, 1.165) is 5.75 Å². The Morgan fingerprint density at radius 1 is 1.25 bits per heavy atom. The minimum Gasteiger partial charge on any atom is -0.451 e. The Labute approximate surface area is 72.3 Å². The lowest BCUT2D eigenvalue weighted by molar-refractivity contribution is -0.0717. The summed E-state index contributed by atoms with van der Waals surface area (Å²) >= 11 is 0. The van der Waals surface area contributed by atoms with Crippen LogP contribution in [0.5, 0.6) is 5.75 Å². The molecule has 1 aromatic carbocycles. The van der Waals surface area contributed by atoms with E-state index in [1.165, 1.54) is 0 Å². The van der Waals surface area contributed by atoms with Crippen molar-refractivity contribution in [2.24, 2.45) is 0 Å². The van der Waals surface area contributed by atoms with E-state index in [9.17, 15) is 0 Å². The Morgan fingerprint density at radius 3 is 2.42 bits per heavy atom. The minimum absolute atomic E-state index is 0.382. The normalized spacial score (nSPS) is 12.5. The highest BCUT2D eigenvalue weighted by molar-refractivity contribution is 5.20. The number of para-hydroxylation sites is 1. The summed E-state index contributed by atoms with van der Waals surface area (Å²) in [5.74, 6) is 0.790. The molecule has 0 saturated carbocycles. The molecule has 12 heavy (non-hydrogen) atoms. The molecule has 1 aromatic rings. The fraction of sp³-hybridized carbons (Fsp3) is 0.333. The molecule has 0 aromatic heterocycles. The van der Waals surface area contributed by atoms with E-state index in [1.54, 1.807) is 14.2 Å². The van der Waals surface area contributed by atoms with Gasteiger partial charge in [0, 0.05) is 7.11 Å². The van der Waals surface area contributed by atoms with E-state index in [4.69, 9.17) is 9.47 Å². The van der Waals surface area contributed by atoms with Gasteiger partial charge in [-0.2, -0.15) is 0 Å². The summed E-state index contributed by atoms with van der Waals surface area (Å²) in [4.78, 5) is 0. The third-order valence-corrected chi connectivity index (χ3v) is 1.44. The predicted octanol–water partition coefficient (Wildman–Crippen LogP) is 1.21. The summed E-state index contributed by atoms with van der Waals surface area (Å²) < 4.78 is 10.3. The number of hydrogen-bond donors (Lipinski definition) is 1. The molecule has 0 aliphatic heterocycles. The van der Waals surface area contributed by atoms with Gasteiger partial charge in [0.25, 0.3) is 6.41 Å². The summed E-state index contributed by atoms with van der Waals surface area (Å²) in [6.45, 7) is 0. The standard InChI is InChI=1S/C9H13NO2/c1-10-9(11-2)12-8-6-4-3-5-7-8/h3-7,9-10H,1-2H3. The molecule has 0 aliphatic rings. The molecule has 0 amide bonds. The SMILES string of the molecule is CNC(OC)Oc1ccccc1. The van der Waals surface area contributed by atoms with Crippen LogP contribution in [-0.2, 0) is 4.74 Å². The Balaban J connectivity index is 2.51. The van der Waals surface area contributed by atoms with Crippen molar-refractivity contribution in [2.75, 3.05) is 14.2 Å². The number of nitrogens with one attached hydrogen (secondary N) is 1. The lowest BCUT2D eigenvalue weighted by Crippen LogP contribution is -2.32. The summed E-state index contributed by atoms with van der Waals surface area (Å²) in [5, 5.41) is 2.86. The first-order valence-corrected chi connectivity index (χ1v) is 3.78. The molecule has 0 saturated heterocycles. The number of hydrogen-bond acceptors (Lipinski definition) is 3. The van der Waals surface area contributed by atoms with Gasteiger partial charge in [0.1, 0.15) is 5.75 Å². The summed E-state index contributed by atoms with van der Waals surface area (Å²) in [7, 11) is 3.36. The van der Waals surface area contributed by atoms with Crippen molar-refractivity contribution in [2.45, 2.75) is 6.41 Å². The van der Waals surface area contributed by atoms with Crippen molar-refractivity contribution in [3.05, 3.63) is 30.3 Å². The second kappa shape index (κ2) is 4.74. The molecular formula is C9H13NO2. The maximum absolute atomic E-state index is 5.38. The summed E-state index contributed by atoms with van der Waals surface area (Å²) in [6.07, 6.45) is -0.382. The van der Waals surface area contributed by atoms with Crippen molar-refractivity contribution in [3.63, 3.8) is 0 Å². The fourth-order valence-corrected chi connectivity index (χ4v) is 0.848. The highest BCUT2D eigenvalue weighted by Crippen LogP contribution is 2.09. The van der Waals surface area contributed by atoms with Gasteiger partial charge in [-0.3, -0.25) is 5.32 Å². The minimum atomic E-state index is -0.382. The molecule has 0 radical (unpaired) electrons. The molecule has 0 fully saturated rings. The largest absolute Gasteiger partial charge is 0.451 e. The maximum atomic E-state index is 5.38. The molecule has 0 spiro atoms. The van der Waals surface area contributed by atoms with Crippen LogP contribution in [0.2, 0.25) is 0 Å². The van der Waals surface area contributed by atoms with Crippen molar-refractivity contribution >= 4 is 0 Å². The zero-order chi connectivity index (χ0) is 8.81. The first-order valence-electron chi connectivity index (χ1n) is 3.78. The van der Waals surface area contributed by atoms with Crippen LogP contribution in [-0.4, -0.2) is 20.6 Å². The molecule has 1 rings (SSSR count). The first-order chi connectivity index (χ1) is 5.86. The lowest BCUT2D eigenvalue weighted by Gasteiger charge is -2.15. The van der Waals surface area contributed by atoms with Gasteiger partial charge >= 0.3 is 0 Å². The van der Waals surface area contributed by atoms with Crippen LogP contribution in [0.25, 0.3) is 0 Å². The molecule has 1 N–H and O–H groups in total. The second-order valence-corrected chi connectivity index (χ2v) is 2.29. The van der Waals surface area contributed by atoms with E-state index in [0.29, 0.717) is 0 Å². The molecule has 3 heteroatoms. The molecule has 0 bridgehead atoms. The molecule has 0 heterocycles. The number of ether oxygens (including phenoxy) is 2. The lowest BCUT2D eigenvalue weighted by atomic mass is 10.3. The molecular weight excluding hydrogens is 154 g/mol. The second-order valence-electron chi connectivity index (χ2n) is 2.29. The zero-order valence-corrected chi connectivity index (χ0v) is 7.28. The Hall–Kier alpha value is -1.06. The van der Waals surface area contributed by atoms with Gasteiger partial charge in [-0.25, -0.2) is 0 Å². The van der Waals surface area contributed by atoms with E-state index < -0.39 is 0 Å². The van der Waals surface area contributed by atoms with Crippen LogP contribution in [0.1, 0.15) is 0 Å². The van der Waals surface area contributed by atoms with Gasteiger partial charge in [0.2, 0.25) is 0 Å². The van der Waals surface area contributed by atoms with Crippen molar-refractivity contribution in [1.82, 2.24) is 5.32 Å². The quantitative estimate of drug-likeness (QED) is 0.684. The molecule has 1 unspecified atom stereocenters. The van der Waals surface area contributed by atoms with E-state index in [-0.39, 0.29) is 6.41 Å². The topological polar surface area (TPSA) is 30.5 Å². The number of rotatable bonds is 4. The smallest absolute Gasteiger partial charge is 0.259 e. The predicted molar refractivity (Wildman–Crippen MR) is 46.9 cm³/mol. The van der Waals surface area contributed by atoms with Crippen LogP contribution < -0.4 is 10.1 Å². The Bertz CT molecular complexity index is 209. The average molecular weight is 167 g/mol. The van der Waals surface area contributed by atoms with Gasteiger partial charge in [-0.15, -0.1) is 0 Å². The highest BCUT2D eigenvalue weighted by Gasteiger charge is 2.02. The number of benzene rings is 1. The Kier molecular flexibility index (Phi) is 3.57. The Morgan fingerprint density at radius 2 is 1.92 bits per heavy atom. The fourth-order valence-electron chi connectivity index (χ4n) is 0.848. The zero-order valence-electron chi connectivity index (χ0n) is 7.28. The van der Waals surface area contributed by atoms with Gasteiger partial charge in [0.05, 0.1) is 0 Å². The van der Waals surface area contributed by atoms with Crippen LogP contribution in [0.4, 0.5) is 0 Å². The summed E-state index contributed by atoms with van der Waals surface area (Å²) in [5.41, 5.74) is 0. The maximum Gasteiger partial charge on any atom is 0.259 e. The van der Waals surface area contributed by atoms with Gasteiger partial charge in [0.15, 0.2) is 0 Å². The first kappa shape index (κ1) is 9.03. The third kappa shape index (κ3) is 2.53. The van der Waals surface area contributed by atoms with E-state index in [1.807, 2.05) is 30.3 Å². The van der Waals surface area contributed by atoms with Crippen LogP contribution in [0.15, 0.2) is 30.3 Å². The third-order valence-electron chi connectivity index (χ3n) is 1.44. The van der Waals surface area contributed by atoms with Crippen molar-refractivity contribution < 1.29 is 9.47 Å². The number of methoxy groups -OCH3 is 1.